The fourth-order valence-electron chi connectivity index (χ4n) is 1.12. The number of rotatable bonds is 6. The second-order valence-corrected chi connectivity index (χ2v) is 3.21. The molecule has 1 aromatic heterocycles. The van der Waals surface area contributed by atoms with Gasteiger partial charge in [-0.3, -0.25) is 9.63 Å². The number of pyridine rings is 1. The standard InChI is InChI=1S/C11H16N2O4/c1-13(16-3)11(14)9-4-5-12-10(8-9)17-7-6-15-2/h4-5,8H,6-7H2,1-3H3. The van der Waals surface area contributed by atoms with Gasteiger partial charge in [-0.05, 0) is 6.07 Å². The summed E-state index contributed by atoms with van der Waals surface area (Å²) in [6.07, 6.45) is 1.51. The molecule has 0 N–H and O–H groups in total. The Morgan fingerprint density at radius 2 is 2.18 bits per heavy atom. The Hall–Kier alpha value is -1.66. The van der Waals surface area contributed by atoms with E-state index in [1.165, 1.54) is 20.4 Å². The molecule has 1 heterocycles. The lowest BCUT2D eigenvalue weighted by Crippen LogP contribution is -2.25. The van der Waals surface area contributed by atoms with Crippen LogP contribution in [0.4, 0.5) is 0 Å². The summed E-state index contributed by atoms with van der Waals surface area (Å²) in [4.78, 5) is 20.5. The Morgan fingerprint density at radius 1 is 1.41 bits per heavy atom. The van der Waals surface area contributed by atoms with E-state index in [0.29, 0.717) is 24.7 Å². The van der Waals surface area contributed by atoms with Crippen molar-refractivity contribution in [1.82, 2.24) is 10.0 Å². The highest BCUT2D eigenvalue weighted by molar-refractivity contribution is 5.93. The van der Waals surface area contributed by atoms with Gasteiger partial charge in [0.05, 0.1) is 13.7 Å². The predicted octanol–water partition coefficient (Wildman–Crippen LogP) is 0.740. The number of aromatic nitrogens is 1. The Morgan fingerprint density at radius 3 is 2.82 bits per heavy atom. The number of amides is 1. The molecule has 0 unspecified atom stereocenters. The van der Waals surface area contributed by atoms with E-state index < -0.39 is 0 Å². The molecule has 6 nitrogen and oxygen atoms in total. The van der Waals surface area contributed by atoms with Gasteiger partial charge >= 0.3 is 0 Å². The Labute approximate surface area is 100 Å². The fraction of sp³-hybridized carbons (Fsp3) is 0.455. The molecule has 6 heteroatoms. The summed E-state index contributed by atoms with van der Waals surface area (Å²) in [6, 6.07) is 3.16. The molecule has 0 fully saturated rings. The molecule has 0 saturated carbocycles. The third-order valence-electron chi connectivity index (χ3n) is 2.08. The smallest absolute Gasteiger partial charge is 0.277 e. The van der Waals surface area contributed by atoms with Crippen molar-refractivity contribution in [2.45, 2.75) is 0 Å². The summed E-state index contributed by atoms with van der Waals surface area (Å²) in [5.74, 6) is 0.129. The molecule has 0 aromatic carbocycles. The summed E-state index contributed by atoms with van der Waals surface area (Å²) in [6.45, 7) is 0.860. The first-order valence-electron chi connectivity index (χ1n) is 5.09. The van der Waals surface area contributed by atoms with E-state index in [4.69, 9.17) is 14.3 Å². The van der Waals surface area contributed by atoms with Crippen LogP contribution in [0.25, 0.3) is 0 Å². The van der Waals surface area contributed by atoms with Crippen LogP contribution in [0.3, 0.4) is 0 Å². The second-order valence-electron chi connectivity index (χ2n) is 3.21. The first kappa shape index (κ1) is 13.4. The van der Waals surface area contributed by atoms with Gasteiger partial charge in [-0.15, -0.1) is 0 Å². The summed E-state index contributed by atoms with van der Waals surface area (Å²) in [5.41, 5.74) is 0.455. The molecule has 0 bridgehead atoms. The Balaban J connectivity index is 2.68. The average molecular weight is 240 g/mol. The van der Waals surface area contributed by atoms with Gasteiger partial charge in [-0.1, -0.05) is 0 Å². The van der Waals surface area contributed by atoms with Gasteiger partial charge in [0.2, 0.25) is 5.88 Å². The monoisotopic (exact) mass is 240 g/mol. The van der Waals surface area contributed by atoms with E-state index in [9.17, 15) is 4.79 Å². The lowest BCUT2D eigenvalue weighted by molar-refractivity contribution is -0.0757. The van der Waals surface area contributed by atoms with Crippen LogP contribution in [0.1, 0.15) is 10.4 Å². The summed E-state index contributed by atoms with van der Waals surface area (Å²) in [7, 11) is 4.55. The number of ether oxygens (including phenoxy) is 2. The molecule has 0 aliphatic heterocycles. The summed E-state index contributed by atoms with van der Waals surface area (Å²) >= 11 is 0. The van der Waals surface area contributed by atoms with E-state index in [0.717, 1.165) is 5.06 Å². The van der Waals surface area contributed by atoms with Crippen molar-refractivity contribution in [3.8, 4) is 5.88 Å². The maximum absolute atomic E-state index is 11.8. The van der Waals surface area contributed by atoms with Gasteiger partial charge in [0.25, 0.3) is 5.91 Å². The summed E-state index contributed by atoms with van der Waals surface area (Å²) < 4.78 is 10.2. The first-order chi connectivity index (χ1) is 8.19. The highest BCUT2D eigenvalue weighted by atomic mass is 16.7. The van der Waals surface area contributed by atoms with Crippen LogP contribution in [0.15, 0.2) is 18.3 Å². The molecule has 0 aliphatic carbocycles. The van der Waals surface area contributed by atoms with Crippen molar-refractivity contribution in [2.24, 2.45) is 0 Å². The molecular formula is C11H16N2O4. The van der Waals surface area contributed by atoms with Gasteiger partial charge < -0.3 is 9.47 Å². The van der Waals surface area contributed by atoms with E-state index in [2.05, 4.69) is 4.98 Å². The Bertz CT molecular complexity index is 370. The second kappa shape index (κ2) is 6.82. The molecule has 0 spiro atoms. The van der Waals surface area contributed by atoms with Gasteiger partial charge in [0, 0.05) is 32.0 Å². The molecule has 1 aromatic rings. The average Bonchev–Trinajstić information content (AvgIpc) is 2.37. The zero-order chi connectivity index (χ0) is 12.7. The molecule has 17 heavy (non-hydrogen) atoms. The van der Waals surface area contributed by atoms with Crippen LogP contribution in [0.2, 0.25) is 0 Å². The van der Waals surface area contributed by atoms with Gasteiger partial charge in [-0.25, -0.2) is 10.0 Å². The fourth-order valence-corrected chi connectivity index (χ4v) is 1.12. The normalized spacial score (nSPS) is 10.1. The quantitative estimate of drug-likeness (QED) is 0.542. The number of hydrogen-bond acceptors (Lipinski definition) is 5. The van der Waals surface area contributed by atoms with Crippen molar-refractivity contribution < 1.29 is 19.1 Å². The molecule has 1 rings (SSSR count). The molecule has 0 saturated heterocycles. The van der Waals surface area contributed by atoms with Crippen LogP contribution >= 0.6 is 0 Å². The lowest BCUT2D eigenvalue weighted by Gasteiger charge is -2.13. The van der Waals surface area contributed by atoms with Crippen LogP contribution in [-0.4, -0.2) is 50.4 Å². The molecular weight excluding hydrogens is 224 g/mol. The Kier molecular flexibility index (Phi) is 5.38. The van der Waals surface area contributed by atoms with Crippen LogP contribution < -0.4 is 4.74 Å². The zero-order valence-electron chi connectivity index (χ0n) is 10.2. The van der Waals surface area contributed by atoms with Gasteiger partial charge in [-0.2, -0.15) is 0 Å². The van der Waals surface area contributed by atoms with Gasteiger partial charge in [0.15, 0.2) is 0 Å². The minimum atomic E-state index is -0.258. The molecule has 0 atom stereocenters. The highest BCUT2D eigenvalue weighted by Crippen LogP contribution is 2.11. The molecule has 0 radical (unpaired) electrons. The van der Waals surface area contributed by atoms with E-state index >= 15 is 0 Å². The van der Waals surface area contributed by atoms with E-state index in [1.807, 2.05) is 0 Å². The molecule has 0 aliphatic rings. The minimum absolute atomic E-state index is 0.258. The SMILES string of the molecule is COCCOc1cc(C(=O)N(C)OC)ccn1. The number of nitrogens with zero attached hydrogens (tertiary/aromatic N) is 2. The number of hydrogen-bond donors (Lipinski definition) is 0. The number of hydroxylamine groups is 2. The summed E-state index contributed by atoms with van der Waals surface area (Å²) in [5, 5.41) is 1.13. The molecule has 1 amide bonds. The van der Waals surface area contributed by atoms with Gasteiger partial charge in [0.1, 0.15) is 6.61 Å². The lowest BCUT2D eigenvalue weighted by atomic mass is 10.2. The number of carbonyl (C=O) groups is 1. The van der Waals surface area contributed by atoms with Crippen molar-refractivity contribution >= 4 is 5.91 Å². The van der Waals surface area contributed by atoms with Crippen LogP contribution in [0, 0.1) is 0 Å². The zero-order valence-corrected chi connectivity index (χ0v) is 10.2. The third-order valence-corrected chi connectivity index (χ3v) is 2.08. The topological polar surface area (TPSA) is 60.9 Å². The maximum atomic E-state index is 11.8. The number of carbonyl (C=O) groups excluding carboxylic acids is 1. The number of methoxy groups -OCH3 is 1. The van der Waals surface area contributed by atoms with Crippen LogP contribution in [0.5, 0.6) is 5.88 Å². The van der Waals surface area contributed by atoms with E-state index in [-0.39, 0.29) is 5.91 Å². The maximum Gasteiger partial charge on any atom is 0.277 e. The largest absolute Gasteiger partial charge is 0.475 e. The van der Waals surface area contributed by atoms with E-state index in [1.54, 1.807) is 19.2 Å². The van der Waals surface area contributed by atoms with Crippen molar-refractivity contribution in [3.05, 3.63) is 23.9 Å². The predicted molar refractivity (Wildman–Crippen MR) is 60.7 cm³/mol. The van der Waals surface area contributed by atoms with Crippen LogP contribution in [-0.2, 0) is 9.57 Å². The minimum Gasteiger partial charge on any atom is -0.475 e. The highest BCUT2D eigenvalue weighted by Gasteiger charge is 2.12. The van der Waals surface area contributed by atoms with Crippen molar-refractivity contribution in [2.75, 3.05) is 34.5 Å². The third kappa shape index (κ3) is 4.01. The first-order valence-corrected chi connectivity index (χ1v) is 5.09. The van der Waals surface area contributed by atoms with Crippen molar-refractivity contribution in [1.29, 1.82) is 0 Å². The molecule has 94 valence electrons. The van der Waals surface area contributed by atoms with Crippen molar-refractivity contribution in [3.63, 3.8) is 0 Å².